The largest absolute Gasteiger partial charge is 0.337 e. The average Bonchev–Trinajstić information content (AvgIpc) is 2.88. The number of nitrogens with two attached hydrogens (primary N) is 1. The zero-order valence-corrected chi connectivity index (χ0v) is 17.1. The second-order valence-corrected chi connectivity index (χ2v) is 8.17. The summed E-state index contributed by atoms with van der Waals surface area (Å²) in [4.78, 5) is 5.42. The number of allylic oxidation sites excluding steroid dienone is 1. The molecular formula is C20H22ClFN4S. The van der Waals surface area contributed by atoms with E-state index in [0.29, 0.717) is 5.02 Å². The first-order chi connectivity index (χ1) is 12.9. The molecule has 0 saturated heterocycles. The minimum absolute atomic E-state index is 0.124. The summed E-state index contributed by atoms with van der Waals surface area (Å²) in [7, 11) is 3.97. The van der Waals surface area contributed by atoms with Crippen LogP contribution >= 0.6 is 23.5 Å². The van der Waals surface area contributed by atoms with E-state index >= 15 is 0 Å². The van der Waals surface area contributed by atoms with Crippen LogP contribution in [0.2, 0.25) is 5.02 Å². The monoisotopic (exact) mass is 404 g/mol. The summed E-state index contributed by atoms with van der Waals surface area (Å²) in [6.07, 6.45) is 5.04. The minimum Gasteiger partial charge on any atom is -0.337 e. The first kappa shape index (κ1) is 19.9. The normalized spacial score (nSPS) is 12.3. The molecule has 0 atom stereocenters. The summed E-state index contributed by atoms with van der Waals surface area (Å²) < 4.78 is 18.2. The van der Waals surface area contributed by atoms with Gasteiger partial charge in [0, 0.05) is 46.0 Å². The predicted molar refractivity (Wildman–Crippen MR) is 113 cm³/mol. The molecule has 2 aromatic heterocycles. The van der Waals surface area contributed by atoms with E-state index in [2.05, 4.69) is 11.1 Å². The average molecular weight is 405 g/mol. The van der Waals surface area contributed by atoms with Gasteiger partial charge in [0.2, 0.25) is 0 Å². The van der Waals surface area contributed by atoms with Gasteiger partial charge in [0.15, 0.2) is 0 Å². The number of rotatable bonds is 6. The molecule has 0 fully saturated rings. The lowest BCUT2D eigenvalue weighted by Gasteiger charge is -2.10. The molecule has 4 nitrogen and oxygen atoms in total. The Morgan fingerprint density at radius 1 is 1.37 bits per heavy atom. The Kier molecular flexibility index (Phi) is 6.22. The molecule has 0 amide bonds. The van der Waals surface area contributed by atoms with E-state index in [4.69, 9.17) is 17.3 Å². The van der Waals surface area contributed by atoms with Gasteiger partial charge in [-0.05, 0) is 57.2 Å². The Morgan fingerprint density at radius 3 is 2.85 bits per heavy atom. The van der Waals surface area contributed by atoms with Gasteiger partial charge in [0.1, 0.15) is 5.83 Å². The lowest BCUT2D eigenvalue weighted by molar-refractivity contribution is 0.555. The van der Waals surface area contributed by atoms with Crippen molar-refractivity contribution in [3.05, 3.63) is 59.3 Å². The number of fused-ring (bicyclic) bond motifs is 1. The van der Waals surface area contributed by atoms with E-state index in [-0.39, 0.29) is 18.9 Å². The highest BCUT2D eigenvalue weighted by Gasteiger charge is 2.19. The fourth-order valence-corrected chi connectivity index (χ4v) is 4.17. The van der Waals surface area contributed by atoms with Crippen molar-refractivity contribution in [1.82, 2.24) is 13.9 Å². The van der Waals surface area contributed by atoms with Gasteiger partial charge in [-0.15, -0.1) is 0 Å². The van der Waals surface area contributed by atoms with Crippen LogP contribution < -0.4 is 5.73 Å². The first-order valence-electron chi connectivity index (χ1n) is 8.55. The molecule has 0 unspecified atom stereocenters. The number of nitrogens with zero attached hydrogens (tertiary/aromatic N) is 3. The fraction of sp³-hybridized carbons (Fsp3) is 0.250. The molecule has 0 spiro atoms. The summed E-state index contributed by atoms with van der Waals surface area (Å²) in [6.45, 7) is 2.28. The van der Waals surface area contributed by atoms with E-state index in [1.165, 1.54) is 6.08 Å². The van der Waals surface area contributed by atoms with Crippen molar-refractivity contribution in [1.29, 1.82) is 0 Å². The van der Waals surface area contributed by atoms with Crippen LogP contribution in [0.25, 0.3) is 22.0 Å². The van der Waals surface area contributed by atoms with Crippen LogP contribution in [-0.4, -0.2) is 34.5 Å². The van der Waals surface area contributed by atoms with E-state index in [0.717, 1.165) is 32.6 Å². The SMILES string of the molecule is Cc1c(-c2cncc(SN(C)C)c2)c2c(Cl)cccc2n1C/C(F)=C/CN. The van der Waals surface area contributed by atoms with Crippen LogP contribution in [0, 0.1) is 6.92 Å². The smallest absolute Gasteiger partial charge is 0.117 e. The Hall–Kier alpha value is -1.86. The molecule has 1 aromatic carbocycles. The molecule has 0 radical (unpaired) electrons. The Labute approximate surface area is 168 Å². The third-order valence-corrected chi connectivity index (χ3v) is 5.35. The number of benzene rings is 1. The van der Waals surface area contributed by atoms with Crippen molar-refractivity contribution in [2.24, 2.45) is 5.73 Å². The fourth-order valence-electron chi connectivity index (χ4n) is 3.20. The highest BCUT2D eigenvalue weighted by atomic mass is 35.5. The van der Waals surface area contributed by atoms with Gasteiger partial charge < -0.3 is 10.3 Å². The van der Waals surface area contributed by atoms with Gasteiger partial charge in [-0.25, -0.2) is 4.39 Å². The predicted octanol–water partition coefficient (Wildman–Crippen LogP) is 5.05. The molecule has 0 bridgehead atoms. The van der Waals surface area contributed by atoms with Crippen LogP contribution in [0.4, 0.5) is 4.39 Å². The summed E-state index contributed by atoms with van der Waals surface area (Å²) in [5.41, 5.74) is 9.21. The Bertz CT molecular complexity index is 997. The minimum atomic E-state index is -0.265. The lowest BCUT2D eigenvalue weighted by atomic mass is 10.0. The third-order valence-electron chi connectivity index (χ3n) is 4.24. The summed E-state index contributed by atoms with van der Waals surface area (Å²) in [6, 6.07) is 7.78. The Morgan fingerprint density at radius 2 is 2.15 bits per heavy atom. The van der Waals surface area contributed by atoms with Gasteiger partial charge in [0.25, 0.3) is 0 Å². The molecule has 0 aliphatic heterocycles. The second-order valence-electron chi connectivity index (χ2n) is 6.38. The van der Waals surface area contributed by atoms with E-state index in [1.807, 2.05) is 60.5 Å². The van der Waals surface area contributed by atoms with Crippen LogP contribution in [0.5, 0.6) is 0 Å². The third kappa shape index (κ3) is 4.19. The van der Waals surface area contributed by atoms with Crippen LogP contribution in [0.3, 0.4) is 0 Å². The van der Waals surface area contributed by atoms with E-state index in [1.54, 1.807) is 11.9 Å². The van der Waals surface area contributed by atoms with Crippen molar-refractivity contribution in [3.63, 3.8) is 0 Å². The number of pyridine rings is 1. The van der Waals surface area contributed by atoms with Crippen molar-refractivity contribution >= 4 is 34.5 Å². The molecule has 27 heavy (non-hydrogen) atoms. The van der Waals surface area contributed by atoms with Crippen molar-refractivity contribution in [2.45, 2.75) is 18.4 Å². The lowest BCUT2D eigenvalue weighted by Crippen LogP contribution is -2.03. The maximum atomic E-state index is 14.2. The van der Waals surface area contributed by atoms with Crippen LogP contribution in [0.15, 0.2) is 53.5 Å². The molecule has 2 heterocycles. The van der Waals surface area contributed by atoms with Gasteiger partial charge in [-0.3, -0.25) is 9.29 Å². The number of hydrogen-bond acceptors (Lipinski definition) is 4. The highest BCUT2D eigenvalue weighted by molar-refractivity contribution is 7.97. The molecular weight excluding hydrogens is 383 g/mol. The van der Waals surface area contributed by atoms with Crippen molar-refractivity contribution in [3.8, 4) is 11.1 Å². The standard InChI is InChI=1S/C20H22ClFN4S/c1-13-19(14-9-16(11-24-10-14)27-25(2)3)20-17(21)5-4-6-18(20)26(13)12-15(22)7-8-23/h4-7,9-11H,8,12,23H2,1-3H3/b15-7-. The van der Waals surface area contributed by atoms with Crippen LogP contribution in [-0.2, 0) is 6.54 Å². The summed E-state index contributed by atoms with van der Waals surface area (Å²) in [5.74, 6) is -0.265. The molecule has 7 heteroatoms. The summed E-state index contributed by atoms with van der Waals surface area (Å²) >= 11 is 8.14. The number of halogens is 2. The molecule has 0 aliphatic rings. The maximum absolute atomic E-state index is 14.2. The van der Waals surface area contributed by atoms with Crippen molar-refractivity contribution < 1.29 is 4.39 Å². The summed E-state index contributed by atoms with van der Waals surface area (Å²) in [5, 5.41) is 1.55. The van der Waals surface area contributed by atoms with E-state index < -0.39 is 0 Å². The molecule has 0 saturated carbocycles. The van der Waals surface area contributed by atoms with E-state index in [9.17, 15) is 4.39 Å². The zero-order chi connectivity index (χ0) is 19.6. The quantitative estimate of drug-likeness (QED) is 0.584. The van der Waals surface area contributed by atoms with Gasteiger partial charge in [-0.2, -0.15) is 0 Å². The maximum Gasteiger partial charge on any atom is 0.117 e. The van der Waals surface area contributed by atoms with Crippen molar-refractivity contribution in [2.75, 3.05) is 20.6 Å². The molecule has 3 rings (SSSR count). The second kappa shape index (κ2) is 8.44. The number of hydrogen-bond donors (Lipinski definition) is 1. The molecule has 0 aliphatic carbocycles. The molecule has 2 N–H and O–H groups in total. The van der Waals surface area contributed by atoms with Gasteiger partial charge in [0.05, 0.1) is 17.1 Å². The van der Waals surface area contributed by atoms with Gasteiger partial charge in [-0.1, -0.05) is 17.7 Å². The van der Waals surface area contributed by atoms with Crippen LogP contribution in [0.1, 0.15) is 5.69 Å². The molecule has 3 aromatic rings. The number of aromatic nitrogens is 2. The highest BCUT2D eigenvalue weighted by Crippen LogP contribution is 2.39. The zero-order valence-electron chi connectivity index (χ0n) is 15.5. The topological polar surface area (TPSA) is 47.1 Å². The first-order valence-corrected chi connectivity index (χ1v) is 9.70. The molecule has 142 valence electrons. The van der Waals surface area contributed by atoms with Gasteiger partial charge >= 0.3 is 0 Å². The Balaban J connectivity index is 2.22.